The molecule has 6 heteroatoms. The van der Waals surface area contributed by atoms with Gasteiger partial charge in [0.2, 0.25) is 0 Å². The van der Waals surface area contributed by atoms with Gasteiger partial charge >= 0.3 is 6.18 Å². The highest BCUT2D eigenvalue weighted by Crippen LogP contribution is 2.30. The summed E-state index contributed by atoms with van der Waals surface area (Å²) in [4.78, 5) is 12.2. The van der Waals surface area contributed by atoms with Gasteiger partial charge in [-0.2, -0.15) is 13.2 Å². The Bertz CT molecular complexity index is 508. The van der Waals surface area contributed by atoms with E-state index in [1.807, 2.05) is 0 Å². The summed E-state index contributed by atoms with van der Waals surface area (Å²) in [6, 6.07) is 5.20. The summed E-state index contributed by atoms with van der Waals surface area (Å²) < 4.78 is 43.2. The van der Waals surface area contributed by atoms with E-state index in [0.29, 0.717) is 37.8 Å². The molecule has 0 bridgehead atoms. The second-order valence-electron chi connectivity index (χ2n) is 5.79. The highest BCUT2D eigenvalue weighted by Gasteiger charge is 2.30. The van der Waals surface area contributed by atoms with Crippen LogP contribution in [0.5, 0.6) is 0 Å². The molecule has 0 spiro atoms. The predicted octanol–water partition coefficient (Wildman–Crippen LogP) is 3.54. The molecule has 3 nitrogen and oxygen atoms in total. The normalized spacial score (nSPS) is 17.9. The number of rotatable bonds is 6. The van der Waals surface area contributed by atoms with Crippen molar-refractivity contribution in [1.82, 2.24) is 5.32 Å². The highest BCUT2D eigenvalue weighted by molar-refractivity contribution is 5.85. The zero-order chi connectivity index (χ0) is 16.9. The predicted molar refractivity (Wildman–Crippen MR) is 81.3 cm³/mol. The summed E-state index contributed by atoms with van der Waals surface area (Å²) in [5.74, 6) is -0.380. The van der Waals surface area contributed by atoms with Gasteiger partial charge in [-0.05, 0) is 30.5 Å². The number of hydrogen-bond donors (Lipinski definition) is 1. The van der Waals surface area contributed by atoms with Crippen LogP contribution in [-0.4, -0.2) is 31.6 Å². The van der Waals surface area contributed by atoms with Crippen LogP contribution in [-0.2, 0) is 15.7 Å². The Morgan fingerprint density at radius 1 is 1.26 bits per heavy atom. The lowest BCUT2D eigenvalue weighted by atomic mass is 9.92. The molecule has 1 aliphatic rings. The lowest BCUT2D eigenvalue weighted by Gasteiger charge is -2.26. The number of ether oxygens (including phenoxy) is 1. The minimum Gasteiger partial charge on any atom is -0.381 e. The van der Waals surface area contributed by atoms with Crippen molar-refractivity contribution in [2.75, 3.05) is 19.8 Å². The van der Waals surface area contributed by atoms with Gasteiger partial charge in [-0.15, -0.1) is 0 Å². The third-order valence-corrected chi connectivity index (χ3v) is 4.21. The van der Waals surface area contributed by atoms with Crippen LogP contribution in [0.3, 0.4) is 0 Å². The van der Waals surface area contributed by atoms with Crippen LogP contribution < -0.4 is 5.32 Å². The molecule has 1 fully saturated rings. The van der Waals surface area contributed by atoms with E-state index in [1.165, 1.54) is 12.1 Å². The van der Waals surface area contributed by atoms with E-state index in [4.69, 9.17) is 4.74 Å². The number of hydrogen-bond acceptors (Lipinski definition) is 3. The number of alkyl halides is 3. The van der Waals surface area contributed by atoms with Gasteiger partial charge < -0.3 is 10.1 Å². The molecule has 1 aromatic rings. The summed E-state index contributed by atoms with van der Waals surface area (Å²) in [6.45, 7) is 3.62. The Morgan fingerprint density at radius 3 is 2.39 bits per heavy atom. The van der Waals surface area contributed by atoms with Gasteiger partial charge in [-0.3, -0.25) is 4.79 Å². The van der Waals surface area contributed by atoms with Crippen LogP contribution in [0.25, 0.3) is 0 Å². The molecule has 0 saturated carbocycles. The molecule has 23 heavy (non-hydrogen) atoms. The minimum atomic E-state index is -4.36. The van der Waals surface area contributed by atoms with E-state index >= 15 is 0 Å². The Labute approximate surface area is 134 Å². The van der Waals surface area contributed by atoms with Gasteiger partial charge in [0, 0.05) is 32.2 Å². The molecular weight excluding hydrogens is 307 g/mol. The van der Waals surface area contributed by atoms with Crippen molar-refractivity contribution in [3.8, 4) is 0 Å². The number of carbonyl (C=O) groups excluding carboxylic acids is 1. The van der Waals surface area contributed by atoms with Crippen LogP contribution in [0.1, 0.15) is 43.2 Å². The van der Waals surface area contributed by atoms with Gasteiger partial charge in [0.05, 0.1) is 11.5 Å². The number of carbonyl (C=O) groups is 1. The fourth-order valence-corrected chi connectivity index (χ4v) is 2.75. The molecule has 1 saturated heterocycles. The quantitative estimate of drug-likeness (QED) is 0.867. The third kappa shape index (κ3) is 5.04. The van der Waals surface area contributed by atoms with Crippen molar-refractivity contribution in [2.45, 2.75) is 44.3 Å². The first-order chi connectivity index (χ1) is 10.9. The SMILES string of the molecule is CCC(=O)[C@H](CNC1CCOCC1)c1ccc(C(F)(F)F)cc1. The molecule has 0 aromatic heterocycles. The van der Waals surface area contributed by atoms with E-state index in [1.54, 1.807) is 6.92 Å². The fourth-order valence-electron chi connectivity index (χ4n) is 2.75. The lowest BCUT2D eigenvalue weighted by molar-refractivity contribution is -0.137. The number of Topliss-reactive ketones (excluding diaryl/α,β-unsaturated/α-hetero) is 1. The van der Waals surface area contributed by atoms with E-state index in [9.17, 15) is 18.0 Å². The summed E-state index contributed by atoms with van der Waals surface area (Å²) in [5.41, 5.74) is -0.0641. The molecule has 1 heterocycles. The maximum absolute atomic E-state index is 12.6. The fraction of sp³-hybridized carbons (Fsp3) is 0.588. The van der Waals surface area contributed by atoms with Crippen LogP contribution in [0.15, 0.2) is 24.3 Å². The highest BCUT2D eigenvalue weighted by atomic mass is 19.4. The van der Waals surface area contributed by atoms with E-state index in [-0.39, 0.29) is 5.78 Å². The van der Waals surface area contributed by atoms with Gasteiger partial charge in [-0.1, -0.05) is 19.1 Å². The molecular formula is C17H22F3NO2. The molecule has 0 aliphatic carbocycles. The van der Waals surface area contributed by atoms with Crippen LogP contribution in [0.2, 0.25) is 0 Å². The van der Waals surface area contributed by atoms with Crippen molar-refractivity contribution in [3.63, 3.8) is 0 Å². The molecule has 2 rings (SSSR count). The van der Waals surface area contributed by atoms with Crippen molar-refractivity contribution in [2.24, 2.45) is 0 Å². The summed E-state index contributed by atoms with van der Waals surface area (Å²) >= 11 is 0. The summed E-state index contributed by atoms with van der Waals surface area (Å²) in [7, 11) is 0. The monoisotopic (exact) mass is 329 g/mol. The smallest absolute Gasteiger partial charge is 0.381 e. The standard InChI is InChI=1S/C17H22F3NO2/c1-2-16(22)15(11-21-14-7-9-23-10-8-14)12-3-5-13(6-4-12)17(18,19)20/h3-6,14-15,21H,2,7-11H2,1H3/t15-/m1/s1. The number of benzene rings is 1. The Kier molecular flexibility index (Phi) is 6.18. The molecule has 1 N–H and O–H groups in total. The van der Waals surface area contributed by atoms with Crippen molar-refractivity contribution in [3.05, 3.63) is 35.4 Å². The van der Waals surface area contributed by atoms with Gasteiger partial charge in [-0.25, -0.2) is 0 Å². The van der Waals surface area contributed by atoms with Gasteiger partial charge in [0.25, 0.3) is 0 Å². The number of nitrogens with one attached hydrogen (secondary N) is 1. The zero-order valence-corrected chi connectivity index (χ0v) is 13.2. The first-order valence-electron chi connectivity index (χ1n) is 7.92. The van der Waals surface area contributed by atoms with E-state index in [0.717, 1.165) is 25.0 Å². The molecule has 0 amide bonds. The largest absolute Gasteiger partial charge is 0.416 e. The number of ketones is 1. The summed E-state index contributed by atoms with van der Waals surface area (Å²) in [6.07, 6.45) is -2.22. The molecule has 1 aromatic carbocycles. The lowest BCUT2D eigenvalue weighted by Crippen LogP contribution is -2.38. The van der Waals surface area contributed by atoms with Crippen LogP contribution in [0, 0.1) is 0 Å². The minimum absolute atomic E-state index is 0.0318. The van der Waals surface area contributed by atoms with E-state index < -0.39 is 17.7 Å². The molecule has 1 aliphatic heterocycles. The summed E-state index contributed by atoms with van der Waals surface area (Å²) in [5, 5.41) is 3.36. The first kappa shape index (κ1) is 17.9. The number of halogens is 3. The third-order valence-electron chi connectivity index (χ3n) is 4.21. The molecule has 0 unspecified atom stereocenters. The average molecular weight is 329 g/mol. The average Bonchev–Trinajstić information content (AvgIpc) is 2.55. The first-order valence-corrected chi connectivity index (χ1v) is 7.92. The topological polar surface area (TPSA) is 38.3 Å². The molecule has 1 atom stereocenters. The Morgan fingerprint density at radius 2 is 1.87 bits per heavy atom. The van der Waals surface area contributed by atoms with Crippen molar-refractivity contribution >= 4 is 5.78 Å². The second kappa shape index (κ2) is 7.93. The Hall–Kier alpha value is -1.40. The van der Waals surface area contributed by atoms with Gasteiger partial charge in [0.15, 0.2) is 0 Å². The molecule has 0 radical (unpaired) electrons. The second-order valence-corrected chi connectivity index (χ2v) is 5.79. The Balaban J connectivity index is 2.06. The zero-order valence-electron chi connectivity index (χ0n) is 13.2. The van der Waals surface area contributed by atoms with Crippen molar-refractivity contribution < 1.29 is 22.7 Å². The van der Waals surface area contributed by atoms with Crippen LogP contribution in [0.4, 0.5) is 13.2 Å². The van der Waals surface area contributed by atoms with E-state index in [2.05, 4.69) is 5.32 Å². The van der Waals surface area contributed by atoms with Crippen LogP contribution >= 0.6 is 0 Å². The molecule has 128 valence electrons. The van der Waals surface area contributed by atoms with Gasteiger partial charge in [0.1, 0.15) is 5.78 Å². The maximum atomic E-state index is 12.6. The van der Waals surface area contributed by atoms with Crippen molar-refractivity contribution in [1.29, 1.82) is 0 Å². The maximum Gasteiger partial charge on any atom is 0.416 e.